The van der Waals surface area contributed by atoms with Crippen LogP contribution in [0.5, 0.6) is 5.75 Å². The first-order valence-corrected chi connectivity index (χ1v) is 8.58. The molecule has 1 aliphatic rings. The molecule has 0 spiro atoms. The Labute approximate surface area is 135 Å². The fourth-order valence-corrected chi connectivity index (χ4v) is 3.41. The van der Waals surface area contributed by atoms with Crippen molar-refractivity contribution >= 4 is 15.9 Å². The van der Waals surface area contributed by atoms with Gasteiger partial charge in [-0.3, -0.25) is 4.79 Å². The number of carbonyl (C=O) groups is 1. The second kappa shape index (κ2) is 7.24. The summed E-state index contributed by atoms with van der Waals surface area (Å²) < 4.78 is 44.3. The molecular formula is C14H20FN3O4S. The molecule has 0 radical (unpaired) electrons. The summed E-state index contributed by atoms with van der Waals surface area (Å²) in [6, 6.07) is 3.39. The van der Waals surface area contributed by atoms with Gasteiger partial charge in [0.2, 0.25) is 15.9 Å². The molecule has 1 amide bonds. The minimum absolute atomic E-state index is 0.0384. The molecule has 7 nitrogen and oxygen atoms in total. The van der Waals surface area contributed by atoms with E-state index in [1.54, 1.807) is 4.90 Å². The van der Waals surface area contributed by atoms with E-state index in [0.717, 1.165) is 10.4 Å². The molecule has 128 valence electrons. The van der Waals surface area contributed by atoms with Crippen molar-refractivity contribution in [3.8, 4) is 5.75 Å². The second-order valence-electron chi connectivity index (χ2n) is 5.19. The topological polar surface area (TPSA) is 79.0 Å². The van der Waals surface area contributed by atoms with Crippen LogP contribution in [0.15, 0.2) is 23.1 Å². The number of halogens is 1. The molecule has 23 heavy (non-hydrogen) atoms. The Bertz CT molecular complexity index is 675. The summed E-state index contributed by atoms with van der Waals surface area (Å²) in [5.41, 5.74) is 0. The van der Waals surface area contributed by atoms with Crippen LogP contribution in [0.25, 0.3) is 0 Å². The summed E-state index contributed by atoms with van der Waals surface area (Å²) in [4.78, 5) is 13.5. The minimum Gasteiger partial charge on any atom is -0.494 e. The third kappa shape index (κ3) is 3.98. The summed E-state index contributed by atoms with van der Waals surface area (Å²) in [6.07, 6.45) is 0. The molecule has 0 atom stereocenters. The Morgan fingerprint density at radius 1 is 1.39 bits per heavy atom. The number of carbonyl (C=O) groups excluding carboxylic acids is 1. The maximum absolute atomic E-state index is 13.7. The van der Waals surface area contributed by atoms with Crippen LogP contribution in [0.2, 0.25) is 0 Å². The van der Waals surface area contributed by atoms with Crippen LogP contribution in [-0.4, -0.2) is 70.4 Å². The number of ether oxygens (including phenoxy) is 1. The van der Waals surface area contributed by atoms with Gasteiger partial charge in [-0.2, -0.15) is 4.31 Å². The van der Waals surface area contributed by atoms with Gasteiger partial charge in [0.05, 0.1) is 18.6 Å². The minimum atomic E-state index is -3.95. The molecule has 1 aromatic carbocycles. The highest BCUT2D eigenvalue weighted by Gasteiger charge is 2.26. The normalized spacial score (nSPS) is 15.7. The predicted molar refractivity (Wildman–Crippen MR) is 82.2 cm³/mol. The van der Waals surface area contributed by atoms with E-state index in [0.29, 0.717) is 26.2 Å². The van der Waals surface area contributed by atoms with Crippen molar-refractivity contribution in [2.45, 2.75) is 4.90 Å². The SMILES string of the molecule is COc1ccc(S(=O)(=O)N(C)CC(=O)N2CCNCC2)cc1F. The van der Waals surface area contributed by atoms with Crippen molar-refractivity contribution in [2.75, 3.05) is 46.9 Å². The van der Waals surface area contributed by atoms with E-state index in [2.05, 4.69) is 5.32 Å². The molecule has 0 aliphatic carbocycles. The van der Waals surface area contributed by atoms with Crippen LogP contribution in [-0.2, 0) is 14.8 Å². The standard InChI is InChI=1S/C14H20FN3O4S/c1-17(10-14(19)18-7-5-16-6-8-18)23(20,21)11-3-4-13(22-2)12(15)9-11/h3-4,9,16H,5-8,10H2,1-2H3. The molecule has 1 aliphatic heterocycles. The lowest BCUT2D eigenvalue weighted by Crippen LogP contribution is -2.49. The lowest BCUT2D eigenvalue weighted by molar-refractivity contribution is -0.131. The van der Waals surface area contributed by atoms with Crippen molar-refractivity contribution in [3.63, 3.8) is 0 Å². The van der Waals surface area contributed by atoms with Gasteiger partial charge >= 0.3 is 0 Å². The van der Waals surface area contributed by atoms with E-state index >= 15 is 0 Å². The summed E-state index contributed by atoms with van der Waals surface area (Å²) in [5.74, 6) is -1.08. The van der Waals surface area contributed by atoms with Crippen LogP contribution in [0.3, 0.4) is 0 Å². The number of methoxy groups -OCH3 is 1. The van der Waals surface area contributed by atoms with Gasteiger partial charge in [0.1, 0.15) is 0 Å². The number of amides is 1. The lowest BCUT2D eigenvalue weighted by atomic mass is 10.3. The molecule has 0 aromatic heterocycles. The molecular weight excluding hydrogens is 325 g/mol. The number of nitrogens with one attached hydrogen (secondary N) is 1. The Morgan fingerprint density at radius 3 is 2.61 bits per heavy atom. The molecule has 0 saturated carbocycles. The van der Waals surface area contributed by atoms with Crippen molar-refractivity contribution in [3.05, 3.63) is 24.0 Å². The third-order valence-corrected chi connectivity index (χ3v) is 5.46. The number of piperazine rings is 1. The van der Waals surface area contributed by atoms with E-state index in [4.69, 9.17) is 4.74 Å². The molecule has 1 heterocycles. The largest absolute Gasteiger partial charge is 0.494 e. The number of sulfonamides is 1. The Balaban J connectivity index is 2.11. The van der Waals surface area contributed by atoms with Gasteiger partial charge < -0.3 is 15.0 Å². The molecule has 9 heteroatoms. The van der Waals surface area contributed by atoms with Crippen LogP contribution in [0, 0.1) is 5.82 Å². The zero-order valence-corrected chi connectivity index (χ0v) is 13.9. The van der Waals surface area contributed by atoms with E-state index in [9.17, 15) is 17.6 Å². The van der Waals surface area contributed by atoms with Gasteiger partial charge in [0.15, 0.2) is 11.6 Å². The van der Waals surface area contributed by atoms with E-state index < -0.39 is 15.8 Å². The monoisotopic (exact) mass is 345 g/mol. The molecule has 1 N–H and O–H groups in total. The van der Waals surface area contributed by atoms with Crippen molar-refractivity contribution in [2.24, 2.45) is 0 Å². The van der Waals surface area contributed by atoms with Crippen LogP contribution in [0.1, 0.15) is 0 Å². The number of likely N-dealkylation sites (N-methyl/N-ethyl adjacent to an activating group) is 1. The van der Waals surface area contributed by atoms with E-state index in [1.807, 2.05) is 0 Å². The summed E-state index contributed by atoms with van der Waals surface area (Å²) >= 11 is 0. The molecule has 1 saturated heterocycles. The smallest absolute Gasteiger partial charge is 0.243 e. The molecule has 1 aromatic rings. The third-order valence-electron chi connectivity index (χ3n) is 3.66. The molecule has 1 fully saturated rings. The van der Waals surface area contributed by atoms with Crippen molar-refractivity contribution < 1.29 is 22.3 Å². The zero-order chi connectivity index (χ0) is 17.0. The molecule has 2 rings (SSSR count). The van der Waals surface area contributed by atoms with Gasteiger partial charge in [-0.05, 0) is 18.2 Å². The fourth-order valence-electron chi connectivity index (χ4n) is 2.28. The van der Waals surface area contributed by atoms with Gasteiger partial charge in [0.25, 0.3) is 0 Å². The highest BCUT2D eigenvalue weighted by molar-refractivity contribution is 7.89. The number of rotatable bonds is 5. The second-order valence-corrected chi connectivity index (χ2v) is 7.23. The summed E-state index contributed by atoms with van der Waals surface area (Å²) in [6.45, 7) is 2.18. The number of nitrogens with zero attached hydrogens (tertiary/aromatic N) is 2. The Hall–Kier alpha value is -1.71. The van der Waals surface area contributed by atoms with Gasteiger partial charge in [-0.25, -0.2) is 12.8 Å². The average Bonchev–Trinajstić information content (AvgIpc) is 2.55. The average molecular weight is 345 g/mol. The quantitative estimate of drug-likeness (QED) is 0.805. The predicted octanol–water partition coefficient (Wildman–Crippen LogP) is -0.113. The summed E-state index contributed by atoms with van der Waals surface area (Å²) in [5, 5.41) is 3.12. The Kier molecular flexibility index (Phi) is 5.55. The van der Waals surface area contributed by atoms with Crippen molar-refractivity contribution in [1.29, 1.82) is 0 Å². The van der Waals surface area contributed by atoms with Gasteiger partial charge in [-0.1, -0.05) is 0 Å². The van der Waals surface area contributed by atoms with Crippen LogP contribution >= 0.6 is 0 Å². The number of hydrogen-bond donors (Lipinski definition) is 1. The highest BCUT2D eigenvalue weighted by Crippen LogP contribution is 2.22. The first kappa shape index (κ1) is 17.6. The van der Waals surface area contributed by atoms with Gasteiger partial charge in [0, 0.05) is 33.2 Å². The fraction of sp³-hybridized carbons (Fsp3) is 0.500. The zero-order valence-electron chi connectivity index (χ0n) is 13.1. The van der Waals surface area contributed by atoms with Crippen LogP contribution < -0.4 is 10.1 Å². The van der Waals surface area contributed by atoms with Gasteiger partial charge in [-0.15, -0.1) is 0 Å². The maximum atomic E-state index is 13.7. The number of benzene rings is 1. The molecule has 0 unspecified atom stereocenters. The summed E-state index contributed by atoms with van der Waals surface area (Å²) in [7, 11) is -1.35. The van der Waals surface area contributed by atoms with E-state index in [1.165, 1.54) is 26.3 Å². The first-order valence-electron chi connectivity index (χ1n) is 7.14. The highest BCUT2D eigenvalue weighted by atomic mass is 32.2. The number of hydrogen-bond acceptors (Lipinski definition) is 5. The van der Waals surface area contributed by atoms with E-state index in [-0.39, 0.29) is 23.1 Å². The Morgan fingerprint density at radius 2 is 2.04 bits per heavy atom. The van der Waals surface area contributed by atoms with Crippen molar-refractivity contribution in [1.82, 2.24) is 14.5 Å². The lowest BCUT2D eigenvalue weighted by Gasteiger charge is -2.29. The van der Waals surface area contributed by atoms with Crippen LogP contribution in [0.4, 0.5) is 4.39 Å². The molecule has 0 bridgehead atoms. The maximum Gasteiger partial charge on any atom is 0.243 e. The first-order chi connectivity index (χ1) is 10.9.